The van der Waals surface area contributed by atoms with E-state index in [2.05, 4.69) is 10.3 Å². The number of hydrogen-bond acceptors (Lipinski definition) is 6. The maximum atomic E-state index is 11.1. The smallest absolute Gasteiger partial charge is 0.275 e. The summed E-state index contributed by atoms with van der Waals surface area (Å²) >= 11 is 7.19. The molecule has 2 aromatic carbocycles. The average molecular weight is 377 g/mol. The lowest BCUT2D eigenvalue weighted by Gasteiger charge is -2.08. The van der Waals surface area contributed by atoms with Crippen molar-refractivity contribution in [1.82, 2.24) is 5.32 Å². The van der Waals surface area contributed by atoms with Gasteiger partial charge in [0.05, 0.1) is 16.7 Å². The van der Waals surface area contributed by atoms with Gasteiger partial charge in [0.2, 0.25) is 0 Å². The van der Waals surface area contributed by atoms with Crippen LogP contribution in [0, 0.1) is 28.5 Å². The van der Waals surface area contributed by atoms with E-state index in [0.717, 1.165) is 5.56 Å². The Morgan fingerprint density at radius 2 is 2.12 bits per heavy atom. The first kappa shape index (κ1) is 18.6. The molecule has 9 heteroatoms. The van der Waals surface area contributed by atoms with E-state index in [1.165, 1.54) is 23.9 Å². The molecule has 0 amide bonds. The van der Waals surface area contributed by atoms with Crippen molar-refractivity contribution in [2.24, 2.45) is 4.99 Å². The Morgan fingerprint density at radius 1 is 1.36 bits per heavy atom. The number of thioether (sulfide) groups is 1. The van der Waals surface area contributed by atoms with Gasteiger partial charge in [-0.3, -0.25) is 15.4 Å². The molecule has 2 aromatic rings. The van der Waals surface area contributed by atoms with Crippen LogP contribution in [0.15, 0.2) is 41.4 Å². The second-order valence-electron chi connectivity index (χ2n) is 4.81. The van der Waals surface area contributed by atoms with Crippen molar-refractivity contribution < 1.29 is 9.66 Å². The summed E-state index contributed by atoms with van der Waals surface area (Å²) in [5.41, 5.74) is 0.951. The van der Waals surface area contributed by atoms with Crippen LogP contribution >= 0.6 is 23.4 Å². The van der Waals surface area contributed by atoms with Crippen LogP contribution < -0.4 is 10.1 Å². The number of ether oxygens (including phenoxy) is 1. The molecule has 7 nitrogen and oxygen atoms in total. The van der Waals surface area contributed by atoms with Crippen molar-refractivity contribution >= 4 is 39.9 Å². The Hall–Kier alpha value is -2.76. The molecule has 0 spiro atoms. The molecule has 25 heavy (non-hydrogen) atoms. The van der Waals surface area contributed by atoms with E-state index in [4.69, 9.17) is 21.6 Å². The summed E-state index contributed by atoms with van der Waals surface area (Å²) in [6, 6.07) is 9.24. The molecule has 0 heterocycles. The van der Waals surface area contributed by atoms with Gasteiger partial charge >= 0.3 is 0 Å². The van der Waals surface area contributed by atoms with E-state index >= 15 is 0 Å². The number of non-ortho nitro benzene ring substituents is 1. The molecule has 0 fully saturated rings. The van der Waals surface area contributed by atoms with Crippen LogP contribution in [-0.4, -0.2) is 16.3 Å². The largest absolute Gasteiger partial charge is 0.457 e. The lowest BCUT2D eigenvalue weighted by atomic mass is 10.2. The summed E-state index contributed by atoms with van der Waals surface area (Å²) in [7, 11) is 0. The molecule has 0 saturated heterocycles. The summed E-state index contributed by atoms with van der Waals surface area (Å²) in [4.78, 5) is 14.8. The van der Waals surface area contributed by atoms with Crippen molar-refractivity contribution in [3.8, 4) is 17.7 Å². The number of hydrogen-bond donors (Lipinski definition) is 1. The zero-order valence-corrected chi connectivity index (χ0v) is 14.9. The van der Waals surface area contributed by atoms with E-state index in [9.17, 15) is 10.1 Å². The average Bonchev–Trinajstić information content (AvgIpc) is 2.57. The van der Waals surface area contributed by atoms with E-state index < -0.39 is 4.92 Å². The molecule has 2 rings (SSSR count). The number of aryl methyl sites for hydroxylation is 1. The predicted octanol–water partition coefficient (Wildman–Crippen LogP) is 4.77. The van der Waals surface area contributed by atoms with E-state index in [-0.39, 0.29) is 11.4 Å². The van der Waals surface area contributed by atoms with Crippen LogP contribution in [0.4, 0.5) is 11.4 Å². The number of benzene rings is 2. The summed E-state index contributed by atoms with van der Waals surface area (Å²) in [5, 5.41) is 23.2. The Labute approximate surface area is 153 Å². The number of halogens is 1. The summed E-state index contributed by atoms with van der Waals surface area (Å²) in [6.07, 6.45) is 3.49. The number of nitro groups is 1. The van der Waals surface area contributed by atoms with E-state index in [1.54, 1.807) is 36.7 Å². The third-order valence-electron chi connectivity index (χ3n) is 3.04. The summed E-state index contributed by atoms with van der Waals surface area (Å²) in [6.45, 7) is 1.83. The van der Waals surface area contributed by atoms with Gasteiger partial charge in [-0.05, 0) is 36.9 Å². The van der Waals surface area contributed by atoms with Gasteiger partial charge in [0.15, 0.2) is 11.4 Å². The van der Waals surface area contributed by atoms with Gasteiger partial charge in [-0.2, -0.15) is 5.26 Å². The minimum Gasteiger partial charge on any atom is -0.457 e. The lowest BCUT2D eigenvalue weighted by molar-refractivity contribution is -0.384. The monoisotopic (exact) mass is 376 g/mol. The van der Waals surface area contributed by atoms with Gasteiger partial charge in [0.25, 0.3) is 5.69 Å². The summed E-state index contributed by atoms with van der Waals surface area (Å²) in [5.74, 6) is 0.754. The highest BCUT2D eigenvalue weighted by atomic mass is 35.5. The van der Waals surface area contributed by atoms with E-state index in [0.29, 0.717) is 21.6 Å². The van der Waals surface area contributed by atoms with Gasteiger partial charge in [-0.25, -0.2) is 4.99 Å². The van der Waals surface area contributed by atoms with Crippen molar-refractivity contribution in [2.45, 2.75) is 6.92 Å². The molecule has 0 saturated carbocycles. The lowest BCUT2D eigenvalue weighted by Crippen LogP contribution is -2.12. The fourth-order valence-electron chi connectivity index (χ4n) is 1.90. The van der Waals surface area contributed by atoms with Crippen molar-refractivity contribution in [3.05, 3.63) is 57.1 Å². The van der Waals surface area contributed by atoms with Crippen molar-refractivity contribution in [2.75, 3.05) is 6.26 Å². The Kier molecular flexibility index (Phi) is 6.22. The van der Waals surface area contributed by atoms with Gasteiger partial charge < -0.3 is 4.74 Å². The number of nitro benzene ring substituents is 1. The Balaban J connectivity index is 2.41. The zero-order chi connectivity index (χ0) is 18.4. The van der Waals surface area contributed by atoms with Crippen LogP contribution in [0.1, 0.15) is 5.56 Å². The maximum Gasteiger partial charge on any atom is 0.275 e. The minimum absolute atomic E-state index is 0.167. The zero-order valence-electron chi connectivity index (χ0n) is 13.3. The second-order valence-corrected chi connectivity index (χ2v) is 6.02. The maximum absolute atomic E-state index is 11.1. The molecule has 0 bridgehead atoms. The molecular formula is C16H13ClN4O3S. The normalized spacial score (nSPS) is 10.9. The van der Waals surface area contributed by atoms with Crippen LogP contribution in [0.25, 0.3) is 0 Å². The molecule has 0 radical (unpaired) electrons. The molecule has 0 unspecified atom stereocenters. The van der Waals surface area contributed by atoms with Crippen LogP contribution in [0.2, 0.25) is 5.02 Å². The molecule has 0 aromatic heterocycles. The fourth-order valence-corrected chi connectivity index (χ4v) is 2.37. The number of nitriles is 1. The quantitative estimate of drug-likeness (QED) is 0.206. The topological polar surface area (TPSA) is 101 Å². The highest BCUT2D eigenvalue weighted by Crippen LogP contribution is 2.32. The SMILES string of the molecule is CSC(=Nc1cc(Oc2ccc(Cl)c(C)c2)cc([N+](=O)[O-])c1)NC#N. The van der Waals surface area contributed by atoms with Crippen LogP contribution in [0.5, 0.6) is 11.5 Å². The van der Waals surface area contributed by atoms with Gasteiger partial charge in [-0.15, -0.1) is 0 Å². The first-order valence-corrected chi connectivity index (χ1v) is 8.54. The molecule has 0 aliphatic carbocycles. The van der Waals surface area contributed by atoms with Gasteiger partial charge in [-0.1, -0.05) is 23.4 Å². The van der Waals surface area contributed by atoms with Crippen molar-refractivity contribution in [3.63, 3.8) is 0 Å². The molecule has 0 aliphatic rings. The molecule has 128 valence electrons. The number of aliphatic imine (C=N–C) groups is 1. The van der Waals surface area contributed by atoms with Crippen molar-refractivity contribution in [1.29, 1.82) is 5.26 Å². The third kappa shape index (κ3) is 5.11. The fraction of sp³-hybridized carbons (Fsp3) is 0.125. The predicted molar refractivity (Wildman–Crippen MR) is 98.7 cm³/mol. The standard InChI is InChI=1S/C16H13ClN4O3S/c1-10-5-13(3-4-15(10)17)24-14-7-11(6-12(8-14)21(22)23)20-16(25-2)19-9-18/h3-8H,1-2H3,(H,19,20). The molecule has 1 N–H and O–H groups in total. The molecule has 0 aliphatic heterocycles. The van der Waals surface area contributed by atoms with E-state index in [1.807, 2.05) is 6.92 Å². The minimum atomic E-state index is -0.532. The molecule has 0 atom stereocenters. The Morgan fingerprint density at radius 3 is 2.72 bits per heavy atom. The first-order valence-electron chi connectivity index (χ1n) is 6.94. The van der Waals surface area contributed by atoms with Crippen LogP contribution in [0.3, 0.4) is 0 Å². The number of nitrogens with zero attached hydrogens (tertiary/aromatic N) is 3. The number of nitrogens with one attached hydrogen (secondary N) is 1. The highest BCUT2D eigenvalue weighted by Gasteiger charge is 2.12. The summed E-state index contributed by atoms with van der Waals surface area (Å²) < 4.78 is 5.70. The first-order chi connectivity index (χ1) is 11.9. The number of amidine groups is 1. The second kappa shape index (κ2) is 8.37. The van der Waals surface area contributed by atoms with Crippen LogP contribution in [-0.2, 0) is 0 Å². The molecular weight excluding hydrogens is 364 g/mol. The highest BCUT2D eigenvalue weighted by molar-refractivity contribution is 8.13. The number of rotatable bonds is 4. The van der Waals surface area contributed by atoms with Gasteiger partial charge in [0.1, 0.15) is 11.5 Å². The Bertz CT molecular complexity index is 880. The third-order valence-corrected chi connectivity index (χ3v) is 4.04. The van der Waals surface area contributed by atoms with Gasteiger partial charge in [0, 0.05) is 17.2 Å².